The number of nitrogens with zero attached hydrogens (tertiary/aromatic N) is 2. The van der Waals surface area contributed by atoms with E-state index >= 15 is 0 Å². The van der Waals surface area contributed by atoms with Gasteiger partial charge >= 0.3 is 6.16 Å². The standard InChI is InChI=1S/C14H18Cl2N4O4/c1-8(13(21)18-10-2-3-11(15)19-12(10)16)17-9-4-6-20(7-5-9)24-14(22)23/h2-3,8-9,17H,4-7H2,1H3,(H,18,21)(H,22,23)/t8-/m1/s1. The van der Waals surface area contributed by atoms with Crippen LogP contribution in [0.4, 0.5) is 10.5 Å². The molecule has 2 rings (SSSR count). The summed E-state index contributed by atoms with van der Waals surface area (Å²) in [7, 11) is 0. The van der Waals surface area contributed by atoms with E-state index in [-0.39, 0.29) is 22.3 Å². The zero-order valence-electron chi connectivity index (χ0n) is 13.0. The van der Waals surface area contributed by atoms with Gasteiger partial charge < -0.3 is 20.6 Å². The summed E-state index contributed by atoms with van der Waals surface area (Å²) in [4.78, 5) is 31.2. The second kappa shape index (κ2) is 8.48. The Hall–Kier alpha value is -1.61. The first kappa shape index (κ1) is 18.7. The molecule has 3 N–H and O–H groups in total. The third-order valence-corrected chi connectivity index (χ3v) is 4.11. The number of carboxylic acid groups (broad SMARTS) is 1. The lowest BCUT2D eigenvalue weighted by atomic mass is 10.1. The normalized spacial score (nSPS) is 17.3. The van der Waals surface area contributed by atoms with Gasteiger partial charge in [-0.25, -0.2) is 9.78 Å². The van der Waals surface area contributed by atoms with Gasteiger partial charge in [0.2, 0.25) is 5.91 Å². The average Bonchev–Trinajstić information content (AvgIpc) is 2.51. The summed E-state index contributed by atoms with van der Waals surface area (Å²) in [6.07, 6.45) is 0.0325. The van der Waals surface area contributed by atoms with Crippen molar-refractivity contribution in [2.75, 3.05) is 18.4 Å². The van der Waals surface area contributed by atoms with Gasteiger partial charge in [-0.1, -0.05) is 23.2 Å². The highest BCUT2D eigenvalue weighted by Gasteiger charge is 2.25. The topological polar surface area (TPSA) is 104 Å². The molecule has 0 radical (unpaired) electrons. The monoisotopic (exact) mass is 376 g/mol. The van der Waals surface area contributed by atoms with Crippen LogP contribution in [0.5, 0.6) is 0 Å². The van der Waals surface area contributed by atoms with Gasteiger partial charge in [0.05, 0.1) is 11.7 Å². The fourth-order valence-corrected chi connectivity index (χ4v) is 2.79. The maximum Gasteiger partial charge on any atom is 0.525 e. The maximum atomic E-state index is 12.2. The summed E-state index contributed by atoms with van der Waals surface area (Å²) in [6, 6.07) is 2.77. The van der Waals surface area contributed by atoms with Crippen molar-refractivity contribution in [3.63, 3.8) is 0 Å². The lowest BCUT2D eigenvalue weighted by Gasteiger charge is -2.31. The van der Waals surface area contributed by atoms with Crippen molar-refractivity contribution in [3.05, 3.63) is 22.4 Å². The van der Waals surface area contributed by atoms with Crippen LogP contribution in [-0.2, 0) is 9.63 Å². The minimum absolute atomic E-state index is 0.0956. The number of rotatable bonds is 5. The molecule has 1 fully saturated rings. The van der Waals surface area contributed by atoms with Gasteiger partial charge in [0.1, 0.15) is 5.15 Å². The van der Waals surface area contributed by atoms with E-state index in [4.69, 9.17) is 28.3 Å². The number of hydrogen-bond donors (Lipinski definition) is 3. The number of hydrogen-bond acceptors (Lipinski definition) is 6. The van der Waals surface area contributed by atoms with E-state index < -0.39 is 12.2 Å². The van der Waals surface area contributed by atoms with Crippen molar-refractivity contribution in [1.29, 1.82) is 0 Å². The van der Waals surface area contributed by atoms with Crippen LogP contribution in [0.25, 0.3) is 0 Å². The van der Waals surface area contributed by atoms with E-state index in [9.17, 15) is 9.59 Å². The Morgan fingerprint density at radius 2 is 2.04 bits per heavy atom. The number of amides is 1. The quantitative estimate of drug-likeness (QED) is 0.677. The van der Waals surface area contributed by atoms with Gasteiger partial charge in [0.15, 0.2) is 5.15 Å². The third kappa shape index (κ3) is 5.48. The summed E-state index contributed by atoms with van der Waals surface area (Å²) in [5.41, 5.74) is 0.393. The summed E-state index contributed by atoms with van der Waals surface area (Å²) in [5, 5.41) is 16.2. The molecule has 1 aliphatic heterocycles. The zero-order valence-corrected chi connectivity index (χ0v) is 14.5. The number of anilines is 1. The van der Waals surface area contributed by atoms with Gasteiger partial charge in [0, 0.05) is 19.1 Å². The molecule has 1 aromatic heterocycles. The first-order valence-corrected chi connectivity index (χ1v) is 8.15. The Balaban J connectivity index is 1.81. The molecule has 24 heavy (non-hydrogen) atoms. The molecule has 0 saturated carbocycles. The largest absolute Gasteiger partial charge is 0.525 e. The van der Waals surface area contributed by atoms with E-state index in [1.807, 2.05) is 0 Å². The Kier molecular flexibility index (Phi) is 6.61. The smallest absolute Gasteiger partial charge is 0.448 e. The van der Waals surface area contributed by atoms with Gasteiger partial charge in [0.25, 0.3) is 0 Å². The summed E-state index contributed by atoms with van der Waals surface area (Å²) >= 11 is 11.6. The van der Waals surface area contributed by atoms with Crippen molar-refractivity contribution in [3.8, 4) is 0 Å². The molecule has 1 saturated heterocycles. The molecule has 132 valence electrons. The van der Waals surface area contributed by atoms with E-state index in [1.165, 1.54) is 5.06 Å². The van der Waals surface area contributed by atoms with E-state index in [0.29, 0.717) is 31.6 Å². The fraction of sp³-hybridized carbons (Fsp3) is 0.500. The second-order valence-corrected chi connectivity index (χ2v) is 6.16. The van der Waals surface area contributed by atoms with E-state index in [0.717, 1.165) is 0 Å². The van der Waals surface area contributed by atoms with E-state index in [2.05, 4.69) is 20.5 Å². The van der Waals surface area contributed by atoms with Crippen LogP contribution in [0.1, 0.15) is 19.8 Å². The molecular weight excluding hydrogens is 359 g/mol. The molecule has 0 aliphatic carbocycles. The Morgan fingerprint density at radius 1 is 1.38 bits per heavy atom. The number of nitrogens with one attached hydrogen (secondary N) is 2. The summed E-state index contributed by atoms with van der Waals surface area (Å²) in [6.45, 7) is 2.70. The van der Waals surface area contributed by atoms with Gasteiger partial charge in [-0.15, -0.1) is 5.06 Å². The van der Waals surface area contributed by atoms with Crippen LogP contribution >= 0.6 is 23.2 Å². The first-order chi connectivity index (χ1) is 11.3. The molecular formula is C14H18Cl2N4O4. The molecule has 1 aliphatic rings. The Morgan fingerprint density at radius 3 is 2.62 bits per heavy atom. The molecule has 10 heteroatoms. The Labute approximate surface area is 149 Å². The SMILES string of the molecule is C[C@@H](NC1CCN(OC(=O)O)CC1)C(=O)Nc1ccc(Cl)nc1Cl. The lowest BCUT2D eigenvalue weighted by Crippen LogP contribution is -2.49. The number of carbonyl (C=O) groups is 2. The highest BCUT2D eigenvalue weighted by molar-refractivity contribution is 6.34. The van der Waals surface area contributed by atoms with Gasteiger partial charge in [-0.05, 0) is 31.9 Å². The predicted molar refractivity (Wildman–Crippen MR) is 89.2 cm³/mol. The van der Waals surface area contributed by atoms with Crippen LogP contribution in [0.15, 0.2) is 12.1 Å². The highest BCUT2D eigenvalue weighted by Crippen LogP contribution is 2.21. The highest BCUT2D eigenvalue weighted by atomic mass is 35.5. The van der Waals surface area contributed by atoms with Crippen LogP contribution in [-0.4, -0.2) is 52.4 Å². The lowest BCUT2D eigenvalue weighted by molar-refractivity contribution is -0.133. The number of halogens is 2. The number of hydroxylamine groups is 2. The van der Waals surface area contributed by atoms with Crippen LogP contribution in [0, 0.1) is 0 Å². The van der Waals surface area contributed by atoms with Crippen LogP contribution < -0.4 is 10.6 Å². The van der Waals surface area contributed by atoms with Crippen LogP contribution in [0.3, 0.4) is 0 Å². The molecule has 2 heterocycles. The molecule has 0 unspecified atom stereocenters. The van der Waals surface area contributed by atoms with Gasteiger partial charge in [-0.3, -0.25) is 4.79 Å². The molecule has 8 nitrogen and oxygen atoms in total. The van der Waals surface area contributed by atoms with Crippen molar-refractivity contribution >= 4 is 41.0 Å². The minimum Gasteiger partial charge on any atom is -0.448 e. The summed E-state index contributed by atoms with van der Waals surface area (Å²) in [5.74, 6) is -0.245. The Bertz CT molecular complexity index is 608. The van der Waals surface area contributed by atoms with Gasteiger partial charge in [-0.2, -0.15) is 0 Å². The predicted octanol–water partition coefficient (Wildman–Crippen LogP) is 2.38. The maximum absolute atomic E-state index is 12.2. The van der Waals surface area contributed by atoms with Crippen molar-refractivity contribution in [1.82, 2.24) is 15.4 Å². The van der Waals surface area contributed by atoms with Crippen molar-refractivity contribution in [2.24, 2.45) is 0 Å². The third-order valence-electron chi connectivity index (χ3n) is 3.61. The fourth-order valence-electron chi connectivity index (χ4n) is 2.40. The molecule has 0 bridgehead atoms. The molecule has 1 aromatic rings. The number of aromatic nitrogens is 1. The molecule has 1 atom stereocenters. The molecule has 0 aromatic carbocycles. The zero-order chi connectivity index (χ0) is 17.7. The number of pyridine rings is 1. The van der Waals surface area contributed by atoms with Crippen LogP contribution in [0.2, 0.25) is 10.3 Å². The minimum atomic E-state index is -1.32. The first-order valence-electron chi connectivity index (χ1n) is 7.40. The van der Waals surface area contributed by atoms with Crippen molar-refractivity contribution < 1.29 is 19.5 Å². The second-order valence-electron chi connectivity index (χ2n) is 5.41. The van der Waals surface area contributed by atoms with Crippen molar-refractivity contribution in [2.45, 2.75) is 31.8 Å². The number of carbonyl (C=O) groups excluding carboxylic acids is 1. The average molecular weight is 377 g/mol. The molecule has 0 spiro atoms. The number of piperidine rings is 1. The summed E-state index contributed by atoms with van der Waals surface area (Å²) < 4.78 is 0. The molecule has 1 amide bonds. The van der Waals surface area contributed by atoms with E-state index in [1.54, 1.807) is 19.1 Å².